The van der Waals surface area contributed by atoms with E-state index in [0.29, 0.717) is 17.3 Å². The fraction of sp³-hybridized carbons (Fsp3) is 0.538. The summed E-state index contributed by atoms with van der Waals surface area (Å²) >= 11 is 5.98. The molecule has 108 valence electrons. The lowest BCUT2D eigenvalue weighted by molar-refractivity contribution is 0.576. The molecule has 4 nitrogen and oxygen atoms in total. The summed E-state index contributed by atoms with van der Waals surface area (Å²) in [7, 11) is -3.39. The Labute approximate surface area is 120 Å². The fourth-order valence-corrected chi connectivity index (χ4v) is 2.69. The summed E-state index contributed by atoms with van der Waals surface area (Å²) in [6.45, 7) is 6.84. The maximum absolute atomic E-state index is 12.1. The predicted octanol–water partition coefficient (Wildman–Crippen LogP) is 2.78. The molecule has 0 saturated heterocycles. The highest BCUT2D eigenvalue weighted by molar-refractivity contribution is 7.93. The van der Waals surface area contributed by atoms with Gasteiger partial charge in [-0.05, 0) is 44.5 Å². The summed E-state index contributed by atoms with van der Waals surface area (Å²) in [4.78, 5) is 0. The first-order valence-electron chi connectivity index (χ1n) is 6.35. The van der Waals surface area contributed by atoms with Crippen molar-refractivity contribution in [3.63, 3.8) is 0 Å². The average Bonchev–Trinajstić information content (AvgIpc) is 2.33. The quantitative estimate of drug-likeness (QED) is 0.762. The molecule has 1 atom stereocenters. The van der Waals surface area contributed by atoms with Crippen molar-refractivity contribution in [1.29, 1.82) is 0 Å². The van der Waals surface area contributed by atoms with Crippen LogP contribution in [-0.2, 0) is 10.0 Å². The summed E-state index contributed by atoms with van der Waals surface area (Å²) in [5.74, 6) is 0. The Bertz CT molecular complexity index is 517. The lowest BCUT2D eigenvalue weighted by Crippen LogP contribution is -2.35. The zero-order valence-electron chi connectivity index (χ0n) is 11.5. The highest BCUT2D eigenvalue weighted by atomic mass is 35.5. The zero-order valence-corrected chi connectivity index (χ0v) is 13.1. The van der Waals surface area contributed by atoms with E-state index in [2.05, 4.69) is 10.0 Å². The molecule has 0 bridgehead atoms. The summed E-state index contributed by atoms with van der Waals surface area (Å²) < 4.78 is 26.8. The van der Waals surface area contributed by atoms with Crippen molar-refractivity contribution >= 4 is 27.3 Å². The van der Waals surface area contributed by atoms with E-state index in [9.17, 15) is 8.42 Å². The van der Waals surface area contributed by atoms with Crippen LogP contribution in [0.1, 0.15) is 25.8 Å². The maximum Gasteiger partial charge on any atom is 0.236 e. The van der Waals surface area contributed by atoms with Crippen molar-refractivity contribution in [1.82, 2.24) is 5.32 Å². The number of rotatable bonds is 7. The van der Waals surface area contributed by atoms with E-state index in [1.54, 1.807) is 25.1 Å². The van der Waals surface area contributed by atoms with Crippen molar-refractivity contribution in [2.45, 2.75) is 32.4 Å². The largest absolute Gasteiger partial charge is 0.315 e. The molecule has 0 amide bonds. The van der Waals surface area contributed by atoms with Gasteiger partial charge in [-0.1, -0.05) is 24.6 Å². The van der Waals surface area contributed by atoms with Gasteiger partial charge >= 0.3 is 0 Å². The minimum absolute atomic E-state index is 0.433. The van der Waals surface area contributed by atoms with Gasteiger partial charge in [0.25, 0.3) is 0 Å². The number of nitrogens with one attached hydrogen (secondary N) is 2. The molecule has 0 aromatic heterocycles. The topological polar surface area (TPSA) is 58.2 Å². The van der Waals surface area contributed by atoms with Gasteiger partial charge in [0.1, 0.15) is 0 Å². The molecule has 0 aliphatic heterocycles. The average molecular weight is 305 g/mol. The van der Waals surface area contributed by atoms with Crippen LogP contribution in [0.2, 0.25) is 5.02 Å². The number of hydrogen-bond acceptors (Lipinski definition) is 3. The zero-order chi connectivity index (χ0) is 14.5. The van der Waals surface area contributed by atoms with Gasteiger partial charge in [0.2, 0.25) is 10.0 Å². The molecule has 0 saturated carbocycles. The predicted molar refractivity (Wildman–Crippen MR) is 81.4 cm³/mol. The maximum atomic E-state index is 12.1. The molecule has 0 radical (unpaired) electrons. The van der Waals surface area contributed by atoms with Gasteiger partial charge in [0, 0.05) is 17.3 Å². The van der Waals surface area contributed by atoms with E-state index >= 15 is 0 Å². The van der Waals surface area contributed by atoms with Crippen LogP contribution in [0.4, 0.5) is 5.69 Å². The molecular formula is C13H21ClN2O2S. The third-order valence-electron chi connectivity index (χ3n) is 2.82. The molecule has 19 heavy (non-hydrogen) atoms. The van der Waals surface area contributed by atoms with Crippen LogP contribution >= 0.6 is 11.6 Å². The summed E-state index contributed by atoms with van der Waals surface area (Å²) in [6, 6.07) is 5.13. The molecule has 1 unspecified atom stereocenters. The summed E-state index contributed by atoms with van der Waals surface area (Å²) in [5, 5.41) is 3.15. The fourth-order valence-electron chi connectivity index (χ4n) is 1.51. The first-order valence-corrected chi connectivity index (χ1v) is 8.27. The second-order valence-electron chi connectivity index (χ2n) is 4.63. The van der Waals surface area contributed by atoms with Crippen LogP contribution in [0, 0.1) is 6.92 Å². The Morgan fingerprint density at radius 2 is 2.05 bits per heavy atom. The van der Waals surface area contributed by atoms with E-state index in [0.717, 1.165) is 18.5 Å². The Hall–Kier alpha value is -0.780. The van der Waals surface area contributed by atoms with E-state index in [1.807, 2.05) is 13.8 Å². The molecule has 1 aromatic carbocycles. The van der Waals surface area contributed by atoms with Gasteiger partial charge in [-0.15, -0.1) is 0 Å². The molecule has 1 rings (SSSR count). The molecule has 0 heterocycles. The second-order valence-corrected chi connectivity index (χ2v) is 7.13. The number of benzene rings is 1. The minimum Gasteiger partial charge on any atom is -0.315 e. The highest BCUT2D eigenvalue weighted by Crippen LogP contribution is 2.21. The Morgan fingerprint density at radius 1 is 1.37 bits per heavy atom. The molecular weight excluding hydrogens is 284 g/mol. The molecule has 0 fully saturated rings. The van der Waals surface area contributed by atoms with Crippen molar-refractivity contribution in [2.75, 3.05) is 17.8 Å². The van der Waals surface area contributed by atoms with Gasteiger partial charge < -0.3 is 5.32 Å². The van der Waals surface area contributed by atoms with Crippen LogP contribution < -0.4 is 10.0 Å². The molecule has 2 N–H and O–H groups in total. The lowest BCUT2D eigenvalue weighted by Gasteiger charge is -2.15. The van der Waals surface area contributed by atoms with Crippen molar-refractivity contribution in [3.05, 3.63) is 28.8 Å². The van der Waals surface area contributed by atoms with Crippen LogP contribution in [0.25, 0.3) is 0 Å². The Morgan fingerprint density at radius 3 is 2.63 bits per heavy atom. The van der Waals surface area contributed by atoms with Crippen molar-refractivity contribution in [3.8, 4) is 0 Å². The van der Waals surface area contributed by atoms with Crippen LogP contribution in [-0.4, -0.2) is 26.8 Å². The number of sulfonamides is 1. The van der Waals surface area contributed by atoms with E-state index in [4.69, 9.17) is 11.6 Å². The Kier molecular flexibility index (Phi) is 6.10. The van der Waals surface area contributed by atoms with Gasteiger partial charge in [-0.2, -0.15) is 0 Å². The normalized spacial score (nSPS) is 13.3. The molecule has 0 aliphatic rings. The van der Waals surface area contributed by atoms with Crippen LogP contribution in [0.3, 0.4) is 0 Å². The standard InChI is InChI=1S/C13H21ClN2O2S/c1-4-7-15-9-11(3)19(17,18)16-12-6-5-10(2)13(14)8-12/h5-6,8,11,15-16H,4,7,9H2,1-3H3. The second kappa shape index (κ2) is 7.12. The summed E-state index contributed by atoms with van der Waals surface area (Å²) in [5.41, 5.74) is 1.42. The van der Waals surface area contributed by atoms with Crippen molar-refractivity contribution in [2.24, 2.45) is 0 Å². The van der Waals surface area contributed by atoms with Crippen LogP contribution in [0.15, 0.2) is 18.2 Å². The molecule has 1 aromatic rings. The first kappa shape index (κ1) is 16.3. The van der Waals surface area contributed by atoms with E-state index < -0.39 is 15.3 Å². The SMILES string of the molecule is CCCNCC(C)S(=O)(=O)Nc1ccc(C)c(Cl)c1. The number of halogens is 1. The van der Waals surface area contributed by atoms with Gasteiger partial charge in [0.05, 0.1) is 5.25 Å². The minimum atomic E-state index is -3.39. The van der Waals surface area contributed by atoms with Crippen molar-refractivity contribution < 1.29 is 8.42 Å². The number of aryl methyl sites for hydroxylation is 1. The monoisotopic (exact) mass is 304 g/mol. The third-order valence-corrected chi connectivity index (χ3v) is 4.97. The molecule has 0 aliphatic carbocycles. The highest BCUT2D eigenvalue weighted by Gasteiger charge is 2.20. The Balaban J connectivity index is 2.70. The molecule has 6 heteroatoms. The van der Waals surface area contributed by atoms with Gasteiger partial charge in [0.15, 0.2) is 0 Å². The lowest BCUT2D eigenvalue weighted by atomic mass is 10.2. The van der Waals surface area contributed by atoms with E-state index in [-0.39, 0.29) is 0 Å². The van der Waals surface area contributed by atoms with Gasteiger partial charge in [-0.3, -0.25) is 4.72 Å². The van der Waals surface area contributed by atoms with Crippen LogP contribution in [0.5, 0.6) is 0 Å². The summed E-state index contributed by atoms with van der Waals surface area (Å²) in [6.07, 6.45) is 0.980. The van der Waals surface area contributed by atoms with E-state index in [1.165, 1.54) is 0 Å². The van der Waals surface area contributed by atoms with Gasteiger partial charge in [-0.25, -0.2) is 8.42 Å². The third kappa shape index (κ3) is 5.01. The smallest absolute Gasteiger partial charge is 0.236 e. The first-order chi connectivity index (χ1) is 8.86. The molecule has 0 spiro atoms. The number of anilines is 1. The number of hydrogen-bond donors (Lipinski definition) is 2.